The smallest absolute Gasteiger partial charge is 0.148 e. The zero-order valence-corrected chi connectivity index (χ0v) is 12.1. The molecule has 0 unspecified atom stereocenters. The summed E-state index contributed by atoms with van der Waals surface area (Å²) in [5.41, 5.74) is 1.92. The van der Waals surface area contributed by atoms with Gasteiger partial charge < -0.3 is 4.42 Å². The molecule has 94 valence electrons. The summed E-state index contributed by atoms with van der Waals surface area (Å²) in [6.07, 6.45) is 0. The van der Waals surface area contributed by atoms with E-state index in [4.69, 9.17) is 4.42 Å². The molecule has 0 N–H and O–H groups in total. The van der Waals surface area contributed by atoms with Crippen LogP contribution >= 0.6 is 22.6 Å². The van der Waals surface area contributed by atoms with Gasteiger partial charge in [-0.25, -0.2) is 4.39 Å². The maximum Gasteiger partial charge on any atom is 0.148 e. The van der Waals surface area contributed by atoms with Crippen molar-refractivity contribution < 1.29 is 8.81 Å². The molecule has 1 heterocycles. The minimum absolute atomic E-state index is 0.242. The maximum atomic E-state index is 12.9. The molecular formula is C16H10FIO. The third kappa shape index (κ3) is 2.56. The van der Waals surface area contributed by atoms with Crippen molar-refractivity contribution in [1.29, 1.82) is 0 Å². The van der Waals surface area contributed by atoms with Crippen molar-refractivity contribution in [2.24, 2.45) is 0 Å². The number of rotatable bonds is 2. The number of furan rings is 1. The second-order valence-electron chi connectivity index (χ2n) is 4.16. The molecule has 3 aromatic rings. The van der Waals surface area contributed by atoms with Crippen molar-refractivity contribution in [2.45, 2.75) is 0 Å². The monoisotopic (exact) mass is 364 g/mol. The molecule has 0 aliphatic rings. The van der Waals surface area contributed by atoms with Crippen molar-refractivity contribution in [3.05, 3.63) is 70.1 Å². The molecule has 2 aromatic carbocycles. The van der Waals surface area contributed by atoms with E-state index in [2.05, 4.69) is 22.6 Å². The van der Waals surface area contributed by atoms with Gasteiger partial charge in [0.2, 0.25) is 0 Å². The van der Waals surface area contributed by atoms with Gasteiger partial charge >= 0.3 is 0 Å². The fourth-order valence-corrected chi connectivity index (χ4v) is 2.62. The number of hydrogen-bond acceptors (Lipinski definition) is 1. The average molecular weight is 364 g/mol. The summed E-state index contributed by atoms with van der Waals surface area (Å²) in [4.78, 5) is 0. The van der Waals surface area contributed by atoms with Crippen LogP contribution in [0, 0.1) is 9.39 Å². The van der Waals surface area contributed by atoms with Crippen molar-refractivity contribution in [3.8, 4) is 22.6 Å². The Balaban J connectivity index is 2.05. The highest BCUT2D eigenvalue weighted by Gasteiger charge is 2.12. The van der Waals surface area contributed by atoms with Gasteiger partial charge in [0.1, 0.15) is 17.3 Å². The number of hydrogen-bond donors (Lipinski definition) is 0. The third-order valence-electron chi connectivity index (χ3n) is 2.85. The van der Waals surface area contributed by atoms with Gasteiger partial charge in [0.25, 0.3) is 0 Å². The summed E-state index contributed by atoms with van der Waals surface area (Å²) >= 11 is 2.23. The average Bonchev–Trinajstić information content (AvgIpc) is 2.83. The van der Waals surface area contributed by atoms with Crippen LogP contribution in [0.4, 0.5) is 4.39 Å². The predicted octanol–water partition coefficient (Wildman–Crippen LogP) is 5.36. The SMILES string of the molecule is Fc1ccc(-c2oc(-c3ccccc3)cc2I)cc1. The lowest BCUT2D eigenvalue weighted by atomic mass is 10.1. The third-order valence-corrected chi connectivity index (χ3v) is 3.65. The molecule has 0 atom stereocenters. The Morgan fingerprint density at radius 3 is 2.21 bits per heavy atom. The fourth-order valence-electron chi connectivity index (χ4n) is 1.91. The summed E-state index contributed by atoms with van der Waals surface area (Å²) in [7, 11) is 0. The second-order valence-corrected chi connectivity index (χ2v) is 5.32. The summed E-state index contributed by atoms with van der Waals surface area (Å²) in [6.45, 7) is 0. The van der Waals surface area contributed by atoms with Crippen LogP contribution < -0.4 is 0 Å². The van der Waals surface area contributed by atoms with Gasteiger partial charge in [-0.1, -0.05) is 30.3 Å². The molecule has 0 radical (unpaired) electrons. The molecule has 0 bridgehead atoms. The van der Waals surface area contributed by atoms with Crippen molar-refractivity contribution >= 4 is 22.6 Å². The lowest BCUT2D eigenvalue weighted by molar-refractivity contribution is 0.595. The van der Waals surface area contributed by atoms with E-state index in [0.29, 0.717) is 0 Å². The van der Waals surface area contributed by atoms with E-state index in [1.54, 1.807) is 12.1 Å². The highest BCUT2D eigenvalue weighted by molar-refractivity contribution is 14.1. The molecular weight excluding hydrogens is 354 g/mol. The molecule has 3 rings (SSSR count). The van der Waals surface area contributed by atoms with E-state index < -0.39 is 0 Å². The van der Waals surface area contributed by atoms with E-state index in [0.717, 1.165) is 26.2 Å². The highest BCUT2D eigenvalue weighted by Crippen LogP contribution is 2.33. The van der Waals surface area contributed by atoms with Crippen LogP contribution in [-0.2, 0) is 0 Å². The fraction of sp³-hybridized carbons (Fsp3) is 0. The van der Waals surface area contributed by atoms with E-state index in [1.807, 2.05) is 36.4 Å². The lowest BCUT2D eigenvalue weighted by Crippen LogP contribution is -1.78. The summed E-state index contributed by atoms with van der Waals surface area (Å²) in [5.74, 6) is 1.36. The summed E-state index contributed by atoms with van der Waals surface area (Å²) in [5, 5.41) is 0. The molecule has 19 heavy (non-hydrogen) atoms. The normalized spacial score (nSPS) is 10.6. The summed E-state index contributed by atoms with van der Waals surface area (Å²) in [6, 6.07) is 18.3. The molecule has 1 nitrogen and oxygen atoms in total. The van der Waals surface area contributed by atoms with Crippen LogP contribution in [-0.4, -0.2) is 0 Å². The number of benzene rings is 2. The van der Waals surface area contributed by atoms with Gasteiger partial charge in [-0.2, -0.15) is 0 Å². The minimum Gasteiger partial charge on any atom is -0.455 e. The van der Waals surface area contributed by atoms with Gasteiger partial charge in [0.05, 0.1) is 3.57 Å². The van der Waals surface area contributed by atoms with Gasteiger partial charge in [-0.05, 0) is 52.9 Å². The quantitative estimate of drug-likeness (QED) is 0.558. The number of halogens is 2. The first-order valence-electron chi connectivity index (χ1n) is 5.85. The van der Waals surface area contributed by atoms with Crippen LogP contribution in [0.1, 0.15) is 0 Å². The molecule has 0 saturated heterocycles. The Labute approximate surface area is 124 Å². The molecule has 0 aliphatic carbocycles. The minimum atomic E-state index is -0.242. The van der Waals surface area contributed by atoms with Gasteiger partial charge in [0, 0.05) is 11.1 Å². The molecule has 0 aliphatic heterocycles. The van der Waals surface area contributed by atoms with E-state index in [9.17, 15) is 4.39 Å². The van der Waals surface area contributed by atoms with Crippen molar-refractivity contribution in [2.75, 3.05) is 0 Å². The molecule has 0 fully saturated rings. The van der Waals surface area contributed by atoms with Gasteiger partial charge in [0.15, 0.2) is 0 Å². The Bertz CT molecular complexity index is 687. The second kappa shape index (κ2) is 5.17. The molecule has 1 aromatic heterocycles. The van der Waals surface area contributed by atoms with Crippen LogP contribution in [0.2, 0.25) is 0 Å². The molecule has 0 amide bonds. The largest absolute Gasteiger partial charge is 0.455 e. The topological polar surface area (TPSA) is 13.1 Å². The first-order valence-corrected chi connectivity index (χ1v) is 6.92. The standard InChI is InChI=1S/C16H10FIO/c17-13-8-6-12(7-9-13)16-14(18)10-15(19-16)11-4-2-1-3-5-11/h1-10H. The first-order chi connectivity index (χ1) is 9.24. The predicted molar refractivity (Wildman–Crippen MR) is 82.3 cm³/mol. The van der Waals surface area contributed by atoms with Crippen LogP contribution in [0.5, 0.6) is 0 Å². The van der Waals surface area contributed by atoms with E-state index in [-0.39, 0.29) is 5.82 Å². The van der Waals surface area contributed by atoms with E-state index in [1.165, 1.54) is 12.1 Å². The van der Waals surface area contributed by atoms with Crippen molar-refractivity contribution in [1.82, 2.24) is 0 Å². The van der Waals surface area contributed by atoms with E-state index >= 15 is 0 Å². The Hall–Kier alpha value is -1.62. The Morgan fingerprint density at radius 2 is 1.53 bits per heavy atom. The van der Waals surface area contributed by atoms with Crippen LogP contribution in [0.25, 0.3) is 22.6 Å². The zero-order chi connectivity index (χ0) is 13.2. The molecule has 0 spiro atoms. The summed E-state index contributed by atoms with van der Waals surface area (Å²) < 4.78 is 19.9. The van der Waals surface area contributed by atoms with Gasteiger partial charge in [-0.3, -0.25) is 0 Å². The Kier molecular flexibility index (Phi) is 3.38. The van der Waals surface area contributed by atoms with Crippen molar-refractivity contribution in [3.63, 3.8) is 0 Å². The van der Waals surface area contributed by atoms with Gasteiger partial charge in [-0.15, -0.1) is 0 Å². The molecule has 0 saturated carbocycles. The zero-order valence-electron chi connectivity index (χ0n) is 9.94. The van der Waals surface area contributed by atoms with Crippen LogP contribution in [0.3, 0.4) is 0 Å². The lowest BCUT2D eigenvalue weighted by Gasteiger charge is -1.98. The highest BCUT2D eigenvalue weighted by atomic mass is 127. The Morgan fingerprint density at radius 1 is 0.842 bits per heavy atom. The maximum absolute atomic E-state index is 12.9. The van der Waals surface area contributed by atoms with Crippen LogP contribution in [0.15, 0.2) is 65.1 Å². The molecule has 3 heteroatoms. The first kappa shape index (κ1) is 12.4.